The minimum absolute atomic E-state index is 0.00835. The van der Waals surface area contributed by atoms with Crippen LogP contribution in [0.25, 0.3) is 10.8 Å². The highest BCUT2D eigenvalue weighted by Gasteiger charge is 2.37. The van der Waals surface area contributed by atoms with Gasteiger partial charge in [-0.05, 0) is 56.0 Å². The van der Waals surface area contributed by atoms with Crippen LogP contribution in [0.2, 0.25) is 10.0 Å². The molecular weight excluding hydrogens is 557 g/mol. The minimum Gasteiger partial charge on any atom is -0.350 e. The fraction of sp³-hybridized carbons (Fsp3) is 0.242. The first-order valence-electron chi connectivity index (χ1n) is 13.5. The number of benzene rings is 4. The van der Waals surface area contributed by atoms with Crippen LogP contribution in [-0.4, -0.2) is 40.7 Å². The first-order chi connectivity index (χ1) is 19.5. The van der Waals surface area contributed by atoms with Crippen molar-refractivity contribution in [1.29, 1.82) is 0 Å². The maximum absolute atomic E-state index is 14.3. The summed E-state index contributed by atoms with van der Waals surface area (Å²) in [6.07, 6.45) is 0.264. The van der Waals surface area contributed by atoms with E-state index in [1.54, 1.807) is 24.3 Å². The van der Waals surface area contributed by atoms with E-state index in [-0.39, 0.29) is 31.3 Å². The number of hydrogen-bond acceptors (Lipinski definition) is 3. The number of carbonyl (C=O) groups is 3. The molecule has 3 amide bonds. The van der Waals surface area contributed by atoms with Gasteiger partial charge in [0, 0.05) is 45.1 Å². The van der Waals surface area contributed by atoms with E-state index >= 15 is 0 Å². The second-order valence-corrected chi connectivity index (χ2v) is 12.1. The zero-order valence-corrected chi connectivity index (χ0v) is 24.7. The summed E-state index contributed by atoms with van der Waals surface area (Å²) in [4.78, 5) is 44.7. The van der Waals surface area contributed by atoms with Crippen molar-refractivity contribution in [3.8, 4) is 0 Å². The summed E-state index contributed by atoms with van der Waals surface area (Å²) in [5.41, 5.74) is 2.11. The van der Waals surface area contributed by atoms with E-state index in [9.17, 15) is 14.4 Å². The lowest BCUT2D eigenvalue weighted by molar-refractivity contribution is -0.140. The summed E-state index contributed by atoms with van der Waals surface area (Å²) in [5.74, 6) is -0.959. The molecule has 1 unspecified atom stereocenters. The monoisotopic (exact) mass is 587 g/mol. The number of nitrogens with zero attached hydrogens (tertiary/aromatic N) is 2. The molecule has 8 heteroatoms. The van der Waals surface area contributed by atoms with Crippen LogP contribution in [0.4, 0.5) is 5.69 Å². The van der Waals surface area contributed by atoms with E-state index in [0.717, 1.165) is 16.3 Å². The van der Waals surface area contributed by atoms with E-state index in [0.29, 0.717) is 26.9 Å². The predicted molar refractivity (Wildman–Crippen MR) is 164 cm³/mol. The van der Waals surface area contributed by atoms with Gasteiger partial charge in [0.2, 0.25) is 11.8 Å². The first kappa shape index (κ1) is 28.7. The van der Waals surface area contributed by atoms with Crippen LogP contribution in [0.15, 0.2) is 84.9 Å². The highest BCUT2D eigenvalue weighted by molar-refractivity contribution is 6.36. The van der Waals surface area contributed by atoms with Gasteiger partial charge in [0.25, 0.3) is 5.91 Å². The molecule has 0 aromatic heterocycles. The number of anilines is 1. The number of halogens is 2. The zero-order chi connectivity index (χ0) is 29.3. The van der Waals surface area contributed by atoms with Crippen LogP contribution < -0.4 is 10.2 Å². The number of hydrogen-bond donors (Lipinski definition) is 1. The predicted octanol–water partition coefficient (Wildman–Crippen LogP) is 6.66. The summed E-state index contributed by atoms with van der Waals surface area (Å²) in [6.45, 7) is 5.42. The third kappa shape index (κ3) is 6.09. The number of amides is 3. The fourth-order valence-corrected chi connectivity index (χ4v) is 5.74. The third-order valence-corrected chi connectivity index (χ3v) is 7.81. The summed E-state index contributed by atoms with van der Waals surface area (Å²) in [6, 6.07) is 25.0. The molecule has 1 aliphatic heterocycles. The molecule has 1 atom stereocenters. The van der Waals surface area contributed by atoms with E-state index in [2.05, 4.69) is 5.32 Å². The van der Waals surface area contributed by atoms with E-state index in [1.807, 2.05) is 81.4 Å². The Morgan fingerprint density at radius 3 is 2.17 bits per heavy atom. The Morgan fingerprint density at radius 1 is 0.878 bits per heavy atom. The summed E-state index contributed by atoms with van der Waals surface area (Å²) < 4.78 is 0. The zero-order valence-electron chi connectivity index (χ0n) is 23.2. The summed E-state index contributed by atoms with van der Waals surface area (Å²) in [7, 11) is 0. The standard InChI is InChI=1S/C33H31Cl2N3O3/c1-33(2,3)36-31(40)28(18-21-10-5-4-6-11-21)37(19-24-25(34)15-9-16-26(24)35)29(39)20-38-27-17-8-13-22-12-7-14-23(30(22)27)32(38)41/h4-17,28H,18-20H2,1-3H3,(H,36,40). The van der Waals surface area contributed by atoms with E-state index < -0.39 is 17.5 Å². The van der Waals surface area contributed by atoms with Gasteiger partial charge in [-0.1, -0.05) is 83.9 Å². The second kappa shape index (κ2) is 11.6. The molecule has 41 heavy (non-hydrogen) atoms. The van der Waals surface area contributed by atoms with Crippen molar-refractivity contribution in [3.63, 3.8) is 0 Å². The molecule has 0 aliphatic carbocycles. The fourth-order valence-electron chi connectivity index (χ4n) is 5.22. The molecule has 1 heterocycles. The molecule has 1 N–H and O–H groups in total. The average Bonchev–Trinajstić information content (AvgIpc) is 3.19. The van der Waals surface area contributed by atoms with Crippen LogP contribution in [0.5, 0.6) is 0 Å². The van der Waals surface area contributed by atoms with Gasteiger partial charge in [-0.15, -0.1) is 0 Å². The van der Waals surface area contributed by atoms with Crippen molar-refractivity contribution < 1.29 is 14.4 Å². The molecule has 1 aliphatic rings. The van der Waals surface area contributed by atoms with Crippen molar-refractivity contribution in [3.05, 3.63) is 112 Å². The van der Waals surface area contributed by atoms with Crippen molar-refractivity contribution in [2.45, 2.75) is 45.3 Å². The maximum atomic E-state index is 14.3. The quantitative estimate of drug-likeness (QED) is 0.250. The lowest BCUT2D eigenvalue weighted by Crippen LogP contribution is -2.56. The largest absolute Gasteiger partial charge is 0.350 e. The molecule has 0 spiro atoms. The van der Waals surface area contributed by atoms with Crippen LogP contribution in [0.3, 0.4) is 0 Å². The lowest BCUT2D eigenvalue weighted by atomic mass is 10.0. The topological polar surface area (TPSA) is 69.7 Å². The van der Waals surface area contributed by atoms with Crippen LogP contribution in [0, 0.1) is 0 Å². The highest BCUT2D eigenvalue weighted by atomic mass is 35.5. The smallest absolute Gasteiger partial charge is 0.259 e. The first-order valence-corrected chi connectivity index (χ1v) is 14.2. The highest BCUT2D eigenvalue weighted by Crippen LogP contribution is 2.37. The molecule has 0 bridgehead atoms. The van der Waals surface area contributed by atoms with Gasteiger partial charge in [-0.25, -0.2) is 0 Å². The van der Waals surface area contributed by atoms with Gasteiger partial charge < -0.3 is 10.2 Å². The van der Waals surface area contributed by atoms with Gasteiger partial charge in [0.15, 0.2) is 0 Å². The molecular formula is C33H31Cl2N3O3. The van der Waals surface area contributed by atoms with Crippen molar-refractivity contribution >= 4 is 57.4 Å². The van der Waals surface area contributed by atoms with Crippen LogP contribution in [0.1, 0.15) is 42.3 Å². The van der Waals surface area contributed by atoms with Crippen molar-refractivity contribution in [1.82, 2.24) is 10.2 Å². The van der Waals surface area contributed by atoms with Crippen molar-refractivity contribution in [2.75, 3.05) is 11.4 Å². The van der Waals surface area contributed by atoms with Crippen LogP contribution in [-0.2, 0) is 22.6 Å². The average molecular weight is 589 g/mol. The number of carbonyl (C=O) groups excluding carboxylic acids is 3. The Morgan fingerprint density at radius 2 is 1.51 bits per heavy atom. The van der Waals surface area contributed by atoms with Gasteiger partial charge in [-0.3, -0.25) is 19.3 Å². The van der Waals surface area contributed by atoms with E-state index in [1.165, 1.54) is 9.80 Å². The SMILES string of the molecule is CC(C)(C)NC(=O)C(Cc1ccccc1)N(Cc1c(Cl)cccc1Cl)C(=O)CN1C(=O)c2cccc3cccc1c23. The number of rotatable bonds is 8. The Kier molecular flexibility index (Phi) is 8.07. The number of nitrogens with one attached hydrogen (secondary N) is 1. The molecule has 0 saturated carbocycles. The molecule has 0 fully saturated rings. The normalized spacial score (nSPS) is 13.4. The van der Waals surface area contributed by atoms with Gasteiger partial charge in [0.1, 0.15) is 12.6 Å². The molecule has 5 rings (SSSR count). The molecule has 6 nitrogen and oxygen atoms in total. The molecule has 4 aromatic carbocycles. The molecule has 0 saturated heterocycles. The molecule has 210 valence electrons. The Bertz CT molecular complexity index is 1610. The van der Waals surface area contributed by atoms with Crippen molar-refractivity contribution in [2.24, 2.45) is 0 Å². The summed E-state index contributed by atoms with van der Waals surface area (Å²) in [5, 5.41) is 5.56. The minimum atomic E-state index is -0.896. The lowest BCUT2D eigenvalue weighted by Gasteiger charge is -2.35. The van der Waals surface area contributed by atoms with E-state index in [4.69, 9.17) is 23.2 Å². The van der Waals surface area contributed by atoms with Crippen LogP contribution >= 0.6 is 23.2 Å². The van der Waals surface area contributed by atoms with Gasteiger partial charge in [0.05, 0.1) is 5.69 Å². The second-order valence-electron chi connectivity index (χ2n) is 11.2. The van der Waals surface area contributed by atoms with Gasteiger partial charge in [-0.2, -0.15) is 0 Å². The van der Waals surface area contributed by atoms with Gasteiger partial charge >= 0.3 is 0 Å². The molecule has 4 aromatic rings. The maximum Gasteiger partial charge on any atom is 0.259 e. The summed E-state index contributed by atoms with van der Waals surface area (Å²) >= 11 is 13.1. The Hall–Kier alpha value is -3.87. The Labute approximate surface area is 249 Å². The molecule has 0 radical (unpaired) electrons. The third-order valence-electron chi connectivity index (χ3n) is 7.10. The Balaban J connectivity index is 1.55.